The minimum atomic E-state index is 0.490. The molecule has 0 fully saturated rings. The molecule has 0 bridgehead atoms. The average Bonchev–Trinajstić information content (AvgIpc) is 2.92. The number of hydrazone groups is 2. The zero-order valence-electron chi connectivity index (χ0n) is 14.3. The van der Waals surface area contributed by atoms with Gasteiger partial charge in [0.1, 0.15) is 11.6 Å². The van der Waals surface area contributed by atoms with Crippen LogP contribution in [0.2, 0.25) is 0 Å². The van der Waals surface area contributed by atoms with Gasteiger partial charge in [0.15, 0.2) is 5.84 Å². The average molecular weight is 339 g/mol. The highest BCUT2D eigenvalue weighted by Gasteiger charge is 2.29. The van der Waals surface area contributed by atoms with Crippen molar-refractivity contribution in [2.75, 3.05) is 6.54 Å². The summed E-state index contributed by atoms with van der Waals surface area (Å²) in [6.45, 7) is 2.41. The SMILES string of the molecule is CC1=C(C#N)C2=NNCC(c3ccccc3)=NN2C(c2ccccc2)=C1. The van der Waals surface area contributed by atoms with Crippen LogP contribution in [0.5, 0.6) is 0 Å². The van der Waals surface area contributed by atoms with Crippen molar-refractivity contribution in [2.24, 2.45) is 10.2 Å². The Morgan fingerprint density at radius 3 is 2.31 bits per heavy atom. The van der Waals surface area contributed by atoms with E-state index >= 15 is 0 Å². The Kier molecular flexibility index (Phi) is 4.08. The van der Waals surface area contributed by atoms with Gasteiger partial charge in [0, 0.05) is 5.56 Å². The second-order valence-corrected chi connectivity index (χ2v) is 6.06. The van der Waals surface area contributed by atoms with Gasteiger partial charge < -0.3 is 5.43 Å². The third-order valence-corrected chi connectivity index (χ3v) is 4.34. The van der Waals surface area contributed by atoms with Crippen molar-refractivity contribution in [3.8, 4) is 6.07 Å². The van der Waals surface area contributed by atoms with E-state index in [9.17, 15) is 5.26 Å². The molecule has 126 valence electrons. The fourth-order valence-corrected chi connectivity index (χ4v) is 3.03. The van der Waals surface area contributed by atoms with Gasteiger partial charge in [0.25, 0.3) is 0 Å². The first kappa shape index (κ1) is 15.9. The van der Waals surface area contributed by atoms with E-state index in [0.29, 0.717) is 18.0 Å². The number of hydrogen-bond donors (Lipinski definition) is 1. The Labute approximate surface area is 152 Å². The lowest BCUT2D eigenvalue weighted by atomic mass is 10.0. The number of benzene rings is 2. The molecule has 2 aliphatic heterocycles. The van der Waals surface area contributed by atoms with Crippen molar-refractivity contribution >= 4 is 17.2 Å². The Morgan fingerprint density at radius 2 is 1.65 bits per heavy atom. The topological polar surface area (TPSA) is 63.8 Å². The Bertz CT molecular complexity index is 992. The van der Waals surface area contributed by atoms with Crippen LogP contribution in [0.15, 0.2) is 88.1 Å². The highest BCUT2D eigenvalue weighted by atomic mass is 15.5. The molecule has 2 aromatic carbocycles. The van der Waals surface area contributed by atoms with Gasteiger partial charge >= 0.3 is 0 Å². The summed E-state index contributed by atoms with van der Waals surface area (Å²) in [6.07, 6.45) is 1.99. The summed E-state index contributed by atoms with van der Waals surface area (Å²) in [4.78, 5) is 0. The number of allylic oxidation sites excluding steroid dienone is 2. The molecule has 0 spiro atoms. The molecular weight excluding hydrogens is 322 g/mol. The molecule has 0 atom stereocenters. The third kappa shape index (κ3) is 2.78. The second kappa shape index (κ2) is 6.69. The summed E-state index contributed by atoms with van der Waals surface area (Å²) in [5.41, 5.74) is 8.26. The highest BCUT2D eigenvalue weighted by molar-refractivity contribution is 6.11. The quantitative estimate of drug-likeness (QED) is 0.911. The lowest BCUT2D eigenvalue weighted by Crippen LogP contribution is -2.30. The summed E-state index contributed by atoms with van der Waals surface area (Å²) in [5, 5.41) is 20.7. The molecule has 5 nitrogen and oxygen atoms in total. The van der Waals surface area contributed by atoms with Gasteiger partial charge in [-0.15, -0.1) is 0 Å². The monoisotopic (exact) mass is 339 g/mol. The lowest BCUT2D eigenvalue weighted by molar-refractivity contribution is 0.624. The Morgan fingerprint density at radius 1 is 1.00 bits per heavy atom. The summed E-state index contributed by atoms with van der Waals surface area (Å²) in [6, 6.07) is 22.3. The van der Waals surface area contributed by atoms with Gasteiger partial charge in [-0.3, -0.25) is 0 Å². The molecule has 0 radical (unpaired) electrons. The standard InChI is InChI=1S/C21H17N5/c1-15-12-20(17-10-6-3-7-11-17)26-21(18(15)13-22)24-23-14-19(25-26)16-8-4-2-5-9-16/h2-12,23H,14H2,1H3. The van der Waals surface area contributed by atoms with Crippen LogP contribution < -0.4 is 5.43 Å². The molecule has 1 N–H and O–H groups in total. The summed E-state index contributed by atoms with van der Waals surface area (Å²) >= 11 is 0. The molecule has 0 aromatic heterocycles. The van der Waals surface area contributed by atoms with Crippen LogP contribution >= 0.6 is 0 Å². The van der Waals surface area contributed by atoms with E-state index in [1.807, 2.05) is 73.7 Å². The van der Waals surface area contributed by atoms with Crippen LogP contribution in [-0.2, 0) is 0 Å². The van der Waals surface area contributed by atoms with Crippen molar-refractivity contribution in [1.29, 1.82) is 5.26 Å². The zero-order chi connectivity index (χ0) is 17.9. The van der Waals surface area contributed by atoms with Gasteiger partial charge in [-0.1, -0.05) is 60.7 Å². The first-order valence-corrected chi connectivity index (χ1v) is 8.40. The molecule has 26 heavy (non-hydrogen) atoms. The fourth-order valence-electron chi connectivity index (χ4n) is 3.03. The number of nitrogens with one attached hydrogen (secondary N) is 1. The van der Waals surface area contributed by atoms with E-state index in [-0.39, 0.29) is 0 Å². The predicted molar refractivity (Wildman–Crippen MR) is 103 cm³/mol. The number of nitriles is 1. The predicted octanol–water partition coefficient (Wildman–Crippen LogP) is 3.50. The van der Waals surface area contributed by atoms with Crippen LogP contribution in [0, 0.1) is 11.3 Å². The molecule has 2 aliphatic rings. The molecule has 0 aliphatic carbocycles. The summed E-state index contributed by atoms with van der Waals surface area (Å²) in [5.74, 6) is 0.525. The van der Waals surface area contributed by atoms with Crippen molar-refractivity contribution < 1.29 is 0 Å². The van der Waals surface area contributed by atoms with Crippen molar-refractivity contribution in [3.05, 3.63) is 89.0 Å². The molecule has 2 heterocycles. The molecule has 4 rings (SSSR count). The maximum atomic E-state index is 9.61. The zero-order valence-corrected chi connectivity index (χ0v) is 14.3. The molecule has 0 saturated carbocycles. The number of amidine groups is 1. The smallest absolute Gasteiger partial charge is 0.191 e. The van der Waals surface area contributed by atoms with Crippen molar-refractivity contribution in [3.63, 3.8) is 0 Å². The van der Waals surface area contributed by atoms with Gasteiger partial charge in [0.05, 0.1) is 18.0 Å². The minimum absolute atomic E-state index is 0.490. The molecule has 0 saturated heterocycles. The van der Waals surface area contributed by atoms with Gasteiger partial charge in [-0.2, -0.15) is 15.5 Å². The van der Waals surface area contributed by atoms with E-state index in [1.54, 1.807) is 5.01 Å². The number of fused-ring (bicyclic) bond motifs is 1. The first-order valence-electron chi connectivity index (χ1n) is 8.40. The maximum absolute atomic E-state index is 9.61. The first-order chi connectivity index (χ1) is 12.8. The van der Waals surface area contributed by atoms with Crippen molar-refractivity contribution in [1.82, 2.24) is 10.4 Å². The molecular formula is C21H17N5. The van der Waals surface area contributed by atoms with Crippen LogP contribution in [0.3, 0.4) is 0 Å². The third-order valence-electron chi connectivity index (χ3n) is 4.34. The summed E-state index contributed by atoms with van der Waals surface area (Å²) < 4.78 is 0. The number of nitrogens with zero attached hydrogens (tertiary/aromatic N) is 4. The fraction of sp³-hybridized carbons (Fsp3) is 0.0952. The van der Waals surface area contributed by atoms with E-state index < -0.39 is 0 Å². The normalized spacial score (nSPS) is 16.5. The van der Waals surface area contributed by atoms with Gasteiger partial charge in [0.2, 0.25) is 0 Å². The Balaban J connectivity index is 1.88. The number of hydrogen-bond acceptors (Lipinski definition) is 5. The van der Waals surface area contributed by atoms with E-state index in [1.165, 1.54) is 0 Å². The van der Waals surface area contributed by atoms with Crippen LogP contribution in [0.4, 0.5) is 0 Å². The minimum Gasteiger partial charge on any atom is -0.302 e. The molecule has 0 amide bonds. The maximum Gasteiger partial charge on any atom is 0.191 e. The summed E-state index contributed by atoms with van der Waals surface area (Å²) in [7, 11) is 0. The van der Waals surface area contributed by atoms with E-state index in [0.717, 1.165) is 28.1 Å². The largest absolute Gasteiger partial charge is 0.302 e. The van der Waals surface area contributed by atoms with Crippen molar-refractivity contribution in [2.45, 2.75) is 6.92 Å². The number of rotatable bonds is 2. The van der Waals surface area contributed by atoms with Gasteiger partial charge in [-0.25, -0.2) is 5.01 Å². The second-order valence-electron chi connectivity index (χ2n) is 6.06. The highest BCUT2D eigenvalue weighted by Crippen LogP contribution is 2.30. The van der Waals surface area contributed by atoms with Gasteiger partial charge in [-0.05, 0) is 24.1 Å². The van der Waals surface area contributed by atoms with E-state index in [2.05, 4.69) is 16.6 Å². The van der Waals surface area contributed by atoms with Crippen LogP contribution in [0.1, 0.15) is 18.1 Å². The molecule has 5 heteroatoms. The van der Waals surface area contributed by atoms with Crippen LogP contribution in [-0.4, -0.2) is 23.1 Å². The molecule has 0 unspecified atom stereocenters. The lowest BCUT2D eigenvalue weighted by Gasteiger charge is -2.27. The molecule has 2 aromatic rings. The van der Waals surface area contributed by atoms with Crippen LogP contribution in [0.25, 0.3) is 5.70 Å². The Hall–Kier alpha value is -3.65. The van der Waals surface area contributed by atoms with E-state index in [4.69, 9.17) is 5.10 Å².